The third-order valence-electron chi connectivity index (χ3n) is 1.03. The van der Waals surface area contributed by atoms with Crippen LogP contribution < -0.4 is 16.2 Å². The van der Waals surface area contributed by atoms with Gasteiger partial charge in [-0.1, -0.05) is 12.2 Å². The van der Waals surface area contributed by atoms with Crippen LogP contribution in [0.15, 0.2) is 0 Å². The van der Waals surface area contributed by atoms with Crippen LogP contribution in [0.2, 0.25) is 0 Å². The molecule has 1 fully saturated rings. The summed E-state index contributed by atoms with van der Waals surface area (Å²) in [6.07, 6.45) is 0. The predicted octanol–water partition coefficient (Wildman–Crippen LogP) is -0.315. The maximum Gasteiger partial charge on any atom is 0.185 e. The van der Waals surface area contributed by atoms with Crippen molar-refractivity contribution in [3.8, 4) is 0 Å². The Morgan fingerprint density at radius 2 is 2.11 bits per heavy atom. The van der Waals surface area contributed by atoms with Gasteiger partial charge in [0.2, 0.25) is 0 Å². The van der Waals surface area contributed by atoms with Crippen molar-refractivity contribution in [2.75, 3.05) is 0 Å². The molecular formula is C4H7N3S2. The number of hydrazine groups is 1. The molecule has 1 atom stereocenters. The molecule has 0 aromatic heterocycles. The van der Waals surface area contributed by atoms with E-state index in [1.165, 1.54) is 0 Å². The van der Waals surface area contributed by atoms with Gasteiger partial charge in [0.05, 0.1) is 6.04 Å². The minimum atomic E-state index is 0.159. The Morgan fingerprint density at radius 3 is 2.56 bits per heavy atom. The molecule has 0 amide bonds. The highest BCUT2D eigenvalue weighted by Crippen LogP contribution is 1.87. The minimum Gasteiger partial charge on any atom is -0.325 e. The van der Waals surface area contributed by atoms with E-state index >= 15 is 0 Å². The second-order valence-corrected chi connectivity index (χ2v) is 2.66. The van der Waals surface area contributed by atoms with Crippen molar-refractivity contribution in [1.82, 2.24) is 16.2 Å². The van der Waals surface area contributed by atoms with E-state index in [9.17, 15) is 0 Å². The molecule has 0 aromatic carbocycles. The minimum absolute atomic E-state index is 0.159. The molecular weight excluding hydrogens is 154 g/mol. The van der Waals surface area contributed by atoms with Crippen LogP contribution in [0.3, 0.4) is 0 Å². The average Bonchev–Trinajstić information content (AvgIpc) is 1.80. The Kier molecular flexibility index (Phi) is 1.94. The smallest absolute Gasteiger partial charge is 0.185 e. The molecule has 5 heteroatoms. The summed E-state index contributed by atoms with van der Waals surface area (Å²) in [5.74, 6) is 0. The first kappa shape index (κ1) is 6.85. The Hall–Kier alpha value is -0.260. The van der Waals surface area contributed by atoms with Crippen LogP contribution in [0.4, 0.5) is 0 Å². The van der Waals surface area contributed by atoms with Gasteiger partial charge in [-0.3, -0.25) is 5.43 Å². The Labute approximate surface area is 64.2 Å². The number of hydrogen-bond acceptors (Lipinski definition) is 3. The average molecular weight is 161 g/mol. The molecule has 1 unspecified atom stereocenters. The van der Waals surface area contributed by atoms with Gasteiger partial charge in [0.15, 0.2) is 5.11 Å². The van der Waals surface area contributed by atoms with Crippen molar-refractivity contribution in [3.63, 3.8) is 0 Å². The van der Waals surface area contributed by atoms with E-state index in [1.807, 2.05) is 6.92 Å². The third-order valence-corrected chi connectivity index (χ3v) is 1.69. The molecule has 1 rings (SSSR count). The largest absolute Gasteiger partial charge is 0.325 e. The highest BCUT2D eigenvalue weighted by atomic mass is 32.1. The molecule has 3 nitrogen and oxygen atoms in total. The van der Waals surface area contributed by atoms with Gasteiger partial charge in [-0.25, -0.2) is 5.43 Å². The van der Waals surface area contributed by atoms with Crippen molar-refractivity contribution in [2.45, 2.75) is 13.0 Å². The summed E-state index contributed by atoms with van der Waals surface area (Å²) >= 11 is 9.67. The Balaban J connectivity index is 2.54. The summed E-state index contributed by atoms with van der Waals surface area (Å²) in [6, 6.07) is 0.159. The van der Waals surface area contributed by atoms with Crippen molar-refractivity contribution < 1.29 is 0 Å². The number of hydrogen-bond donors (Lipinski definition) is 3. The zero-order chi connectivity index (χ0) is 6.85. The normalized spacial score (nSPS) is 27.0. The van der Waals surface area contributed by atoms with E-state index in [2.05, 4.69) is 16.2 Å². The lowest BCUT2D eigenvalue weighted by atomic mass is 10.3. The maximum atomic E-state index is 4.90. The van der Waals surface area contributed by atoms with Gasteiger partial charge in [-0.05, 0) is 19.1 Å². The van der Waals surface area contributed by atoms with Gasteiger partial charge in [0, 0.05) is 0 Å². The van der Waals surface area contributed by atoms with Crippen molar-refractivity contribution in [2.24, 2.45) is 0 Å². The zero-order valence-electron chi connectivity index (χ0n) is 4.89. The van der Waals surface area contributed by atoms with Crippen LogP contribution in [0.1, 0.15) is 6.92 Å². The van der Waals surface area contributed by atoms with Gasteiger partial charge >= 0.3 is 0 Å². The maximum absolute atomic E-state index is 4.90. The first-order valence-corrected chi connectivity index (χ1v) is 3.38. The SMILES string of the molecule is CC1NNC(=S)NC1=S. The highest BCUT2D eigenvalue weighted by Gasteiger charge is 2.14. The van der Waals surface area contributed by atoms with E-state index < -0.39 is 0 Å². The van der Waals surface area contributed by atoms with Crippen molar-refractivity contribution in [1.29, 1.82) is 0 Å². The van der Waals surface area contributed by atoms with E-state index in [0.29, 0.717) is 5.11 Å². The first-order chi connectivity index (χ1) is 4.20. The summed E-state index contributed by atoms with van der Waals surface area (Å²) < 4.78 is 0. The summed E-state index contributed by atoms with van der Waals surface area (Å²) in [7, 11) is 0. The van der Waals surface area contributed by atoms with Gasteiger partial charge in [-0.15, -0.1) is 0 Å². The Morgan fingerprint density at radius 1 is 1.44 bits per heavy atom. The molecule has 0 radical (unpaired) electrons. The molecule has 3 N–H and O–H groups in total. The monoisotopic (exact) mass is 161 g/mol. The fraction of sp³-hybridized carbons (Fsp3) is 0.500. The fourth-order valence-electron chi connectivity index (χ4n) is 0.491. The predicted molar refractivity (Wildman–Crippen MR) is 44.1 cm³/mol. The highest BCUT2D eigenvalue weighted by molar-refractivity contribution is 7.82. The first-order valence-electron chi connectivity index (χ1n) is 2.56. The van der Waals surface area contributed by atoms with E-state index in [4.69, 9.17) is 24.4 Å². The molecule has 0 aliphatic carbocycles. The number of nitrogens with one attached hydrogen (secondary N) is 3. The molecule has 0 saturated carbocycles. The molecule has 1 aliphatic heterocycles. The van der Waals surface area contributed by atoms with Crippen LogP contribution in [0.5, 0.6) is 0 Å². The second kappa shape index (κ2) is 2.55. The van der Waals surface area contributed by atoms with E-state index in [0.717, 1.165) is 4.99 Å². The topological polar surface area (TPSA) is 36.1 Å². The van der Waals surface area contributed by atoms with Crippen molar-refractivity contribution in [3.05, 3.63) is 0 Å². The van der Waals surface area contributed by atoms with E-state index in [1.54, 1.807) is 0 Å². The van der Waals surface area contributed by atoms with Gasteiger partial charge in [0.1, 0.15) is 4.99 Å². The molecule has 0 aromatic rings. The summed E-state index contributed by atoms with van der Waals surface area (Å²) in [4.78, 5) is 0.735. The molecule has 0 bridgehead atoms. The van der Waals surface area contributed by atoms with Crippen LogP contribution >= 0.6 is 24.4 Å². The molecule has 1 saturated heterocycles. The van der Waals surface area contributed by atoms with Crippen molar-refractivity contribution >= 4 is 34.5 Å². The Bertz CT molecular complexity index is 156. The molecule has 9 heavy (non-hydrogen) atoms. The molecule has 1 heterocycles. The van der Waals surface area contributed by atoms with Gasteiger partial charge < -0.3 is 5.32 Å². The van der Waals surface area contributed by atoms with Gasteiger partial charge in [0.25, 0.3) is 0 Å². The van der Waals surface area contributed by atoms with Crippen LogP contribution in [0, 0.1) is 0 Å². The lowest BCUT2D eigenvalue weighted by Gasteiger charge is -2.24. The lowest BCUT2D eigenvalue weighted by molar-refractivity contribution is 0.597. The summed E-state index contributed by atoms with van der Waals surface area (Å²) in [6.45, 7) is 1.95. The van der Waals surface area contributed by atoms with Crippen LogP contribution in [-0.4, -0.2) is 16.1 Å². The van der Waals surface area contributed by atoms with Gasteiger partial charge in [-0.2, -0.15) is 0 Å². The standard InChI is InChI=1S/C4H7N3S2/c1-2-3(8)5-4(9)7-6-2/h2,6H,1H3,(H2,5,7,8,9). The third kappa shape index (κ3) is 1.57. The van der Waals surface area contributed by atoms with Crippen LogP contribution in [0.25, 0.3) is 0 Å². The number of rotatable bonds is 0. The van der Waals surface area contributed by atoms with Crippen LogP contribution in [-0.2, 0) is 0 Å². The molecule has 50 valence electrons. The van der Waals surface area contributed by atoms with E-state index in [-0.39, 0.29) is 6.04 Å². The molecule has 1 aliphatic rings. The molecule has 0 spiro atoms. The number of thiocarbonyl (C=S) groups is 2. The second-order valence-electron chi connectivity index (χ2n) is 1.81. The quantitative estimate of drug-likeness (QED) is 0.425. The lowest BCUT2D eigenvalue weighted by Crippen LogP contribution is -2.60. The fourth-order valence-corrected chi connectivity index (χ4v) is 0.885. The summed E-state index contributed by atoms with van der Waals surface area (Å²) in [5, 5.41) is 3.36. The summed E-state index contributed by atoms with van der Waals surface area (Å²) in [5.41, 5.74) is 5.63. The zero-order valence-corrected chi connectivity index (χ0v) is 6.53.